The number of rotatable bonds is 4. The summed E-state index contributed by atoms with van der Waals surface area (Å²) < 4.78 is 5.73. The molecule has 0 aliphatic heterocycles. The predicted molar refractivity (Wildman–Crippen MR) is 74.9 cm³/mol. The second kappa shape index (κ2) is 5.89. The summed E-state index contributed by atoms with van der Waals surface area (Å²) in [5.41, 5.74) is 8.89. The van der Waals surface area contributed by atoms with Crippen LogP contribution in [0.2, 0.25) is 5.02 Å². The molecule has 0 saturated heterocycles. The third-order valence-corrected chi connectivity index (χ3v) is 3.25. The van der Waals surface area contributed by atoms with Crippen LogP contribution in [0.4, 0.5) is 0 Å². The molecular formula is C15H16ClNO. The number of hydrogen-bond donors (Lipinski definition) is 1. The molecule has 0 saturated carbocycles. The van der Waals surface area contributed by atoms with Crippen molar-refractivity contribution >= 4 is 11.6 Å². The molecule has 0 aliphatic rings. The van der Waals surface area contributed by atoms with E-state index in [1.807, 2.05) is 30.3 Å². The topological polar surface area (TPSA) is 35.2 Å². The number of benzene rings is 2. The first kappa shape index (κ1) is 12.9. The molecule has 2 aromatic carbocycles. The van der Waals surface area contributed by atoms with Crippen molar-refractivity contribution in [3.05, 3.63) is 64.2 Å². The van der Waals surface area contributed by atoms with Crippen LogP contribution >= 0.6 is 11.6 Å². The van der Waals surface area contributed by atoms with Crippen LogP contribution in [0.5, 0.6) is 5.75 Å². The van der Waals surface area contributed by atoms with Crippen LogP contribution < -0.4 is 10.5 Å². The molecule has 0 spiro atoms. The van der Waals surface area contributed by atoms with Gasteiger partial charge in [-0.1, -0.05) is 41.9 Å². The molecule has 2 rings (SSSR count). The van der Waals surface area contributed by atoms with Crippen molar-refractivity contribution in [2.45, 2.75) is 20.1 Å². The van der Waals surface area contributed by atoms with Crippen molar-refractivity contribution in [2.24, 2.45) is 5.73 Å². The normalized spacial score (nSPS) is 10.4. The van der Waals surface area contributed by atoms with E-state index < -0.39 is 0 Å². The highest BCUT2D eigenvalue weighted by molar-refractivity contribution is 6.31. The molecule has 0 amide bonds. The minimum Gasteiger partial charge on any atom is -0.489 e. The van der Waals surface area contributed by atoms with Gasteiger partial charge in [0.05, 0.1) is 0 Å². The Labute approximate surface area is 112 Å². The lowest BCUT2D eigenvalue weighted by Crippen LogP contribution is -2.00. The molecule has 94 valence electrons. The van der Waals surface area contributed by atoms with Crippen molar-refractivity contribution in [2.75, 3.05) is 0 Å². The molecule has 18 heavy (non-hydrogen) atoms. The zero-order valence-corrected chi connectivity index (χ0v) is 11.1. The standard InChI is InChI=1S/C15H16ClNO/c1-11-4-2-3-5-13(11)10-18-14-7-6-12(9-17)15(16)8-14/h2-8H,9-10,17H2,1H3. The molecule has 0 aromatic heterocycles. The summed E-state index contributed by atoms with van der Waals surface area (Å²) in [6.45, 7) is 3.06. The van der Waals surface area contributed by atoms with Crippen molar-refractivity contribution in [3.63, 3.8) is 0 Å². The van der Waals surface area contributed by atoms with E-state index in [1.54, 1.807) is 0 Å². The molecule has 0 radical (unpaired) electrons. The van der Waals surface area contributed by atoms with E-state index >= 15 is 0 Å². The Morgan fingerprint density at radius 3 is 2.56 bits per heavy atom. The van der Waals surface area contributed by atoms with Gasteiger partial charge in [0.2, 0.25) is 0 Å². The van der Waals surface area contributed by atoms with E-state index in [0.717, 1.165) is 11.3 Å². The van der Waals surface area contributed by atoms with Crippen molar-refractivity contribution in [1.29, 1.82) is 0 Å². The van der Waals surface area contributed by atoms with Gasteiger partial charge >= 0.3 is 0 Å². The highest BCUT2D eigenvalue weighted by Gasteiger charge is 2.02. The van der Waals surface area contributed by atoms with E-state index in [0.29, 0.717) is 18.2 Å². The first-order chi connectivity index (χ1) is 8.70. The highest BCUT2D eigenvalue weighted by atomic mass is 35.5. The minimum atomic E-state index is 0.441. The van der Waals surface area contributed by atoms with Gasteiger partial charge in [0.15, 0.2) is 0 Å². The van der Waals surface area contributed by atoms with Crippen LogP contribution in [0.25, 0.3) is 0 Å². The number of halogens is 1. The van der Waals surface area contributed by atoms with E-state index in [-0.39, 0.29) is 0 Å². The van der Waals surface area contributed by atoms with Crippen LogP contribution in [0.15, 0.2) is 42.5 Å². The van der Waals surface area contributed by atoms with Gasteiger partial charge in [-0.3, -0.25) is 0 Å². The fourth-order valence-corrected chi connectivity index (χ4v) is 1.96. The maximum absolute atomic E-state index is 6.08. The highest BCUT2D eigenvalue weighted by Crippen LogP contribution is 2.23. The van der Waals surface area contributed by atoms with Gasteiger partial charge in [0.1, 0.15) is 12.4 Å². The molecule has 0 fully saturated rings. The maximum Gasteiger partial charge on any atom is 0.121 e. The molecule has 0 heterocycles. The summed E-state index contributed by atoms with van der Waals surface area (Å²) in [5.74, 6) is 0.764. The lowest BCUT2D eigenvalue weighted by molar-refractivity contribution is 0.305. The molecule has 2 N–H and O–H groups in total. The largest absolute Gasteiger partial charge is 0.489 e. The maximum atomic E-state index is 6.08. The summed E-state index contributed by atoms with van der Waals surface area (Å²) in [5, 5.41) is 0.653. The van der Waals surface area contributed by atoms with Crippen molar-refractivity contribution in [3.8, 4) is 5.75 Å². The molecule has 2 aromatic rings. The Bertz CT molecular complexity index is 540. The van der Waals surface area contributed by atoms with Gasteiger partial charge < -0.3 is 10.5 Å². The van der Waals surface area contributed by atoms with E-state index in [1.165, 1.54) is 11.1 Å². The van der Waals surface area contributed by atoms with E-state index in [2.05, 4.69) is 19.1 Å². The summed E-state index contributed by atoms with van der Waals surface area (Å²) in [4.78, 5) is 0. The van der Waals surface area contributed by atoms with Crippen LogP contribution in [0.1, 0.15) is 16.7 Å². The molecular weight excluding hydrogens is 246 g/mol. The first-order valence-corrected chi connectivity index (χ1v) is 6.24. The predicted octanol–water partition coefficient (Wildman–Crippen LogP) is 3.69. The fraction of sp³-hybridized carbons (Fsp3) is 0.200. The van der Waals surface area contributed by atoms with Crippen LogP contribution in [-0.2, 0) is 13.2 Å². The summed E-state index contributed by atoms with van der Waals surface area (Å²) in [6, 6.07) is 13.8. The Balaban J connectivity index is 2.07. The van der Waals surface area contributed by atoms with E-state index in [4.69, 9.17) is 22.1 Å². The minimum absolute atomic E-state index is 0.441. The first-order valence-electron chi connectivity index (χ1n) is 5.86. The lowest BCUT2D eigenvalue weighted by Gasteiger charge is -2.10. The van der Waals surface area contributed by atoms with Crippen molar-refractivity contribution in [1.82, 2.24) is 0 Å². The number of hydrogen-bond acceptors (Lipinski definition) is 2. The molecule has 0 unspecified atom stereocenters. The second-order valence-electron chi connectivity index (χ2n) is 4.17. The molecule has 0 bridgehead atoms. The zero-order valence-electron chi connectivity index (χ0n) is 10.3. The number of aryl methyl sites for hydroxylation is 1. The van der Waals surface area contributed by atoms with Gasteiger partial charge in [0, 0.05) is 11.6 Å². The van der Waals surface area contributed by atoms with E-state index in [9.17, 15) is 0 Å². The molecule has 0 aliphatic carbocycles. The van der Waals surface area contributed by atoms with Gasteiger partial charge in [-0.05, 0) is 35.7 Å². The number of ether oxygens (including phenoxy) is 1. The van der Waals surface area contributed by atoms with Crippen LogP contribution in [0.3, 0.4) is 0 Å². The molecule has 3 heteroatoms. The average Bonchev–Trinajstić information content (AvgIpc) is 2.38. The SMILES string of the molecule is Cc1ccccc1COc1ccc(CN)c(Cl)c1. The third-order valence-electron chi connectivity index (χ3n) is 2.90. The van der Waals surface area contributed by atoms with Crippen LogP contribution in [-0.4, -0.2) is 0 Å². The van der Waals surface area contributed by atoms with Gasteiger partial charge in [-0.2, -0.15) is 0 Å². The monoisotopic (exact) mass is 261 g/mol. The van der Waals surface area contributed by atoms with Crippen LogP contribution in [0, 0.1) is 6.92 Å². The fourth-order valence-electron chi connectivity index (χ4n) is 1.72. The summed E-state index contributed by atoms with van der Waals surface area (Å²) >= 11 is 6.08. The molecule has 0 atom stereocenters. The summed E-state index contributed by atoms with van der Waals surface area (Å²) in [7, 11) is 0. The quantitative estimate of drug-likeness (QED) is 0.911. The molecule has 2 nitrogen and oxygen atoms in total. The van der Waals surface area contributed by atoms with Crippen molar-refractivity contribution < 1.29 is 4.74 Å². The Morgan fingerprint density at radius 2 is 1.89 bits per heavy atom. The third kappa shape index (κ3) is 3.03. The Hall–Kier alpha value is -1.51. The zero-order chi connectivity index (χ0) is 13.0. The van der Waals surface area contributed by atoms with Gasteiger partial charge in [-0.15, -0.1) is 0 Å². The Morgan fingerprint density at radius 1 is 1.11 bits per heavy atom. The second-order valence-corrected chi connectivity index (χ2v) is 4.58. The van der Waals surface area contributed by atoms with Gasteiger partial charge in [-0.25, -0.2) is 0 Å². The average molecular weight is 262 g/mol. The smallest absolute Gasteiger partial charge is 0.121 e. The van der Waals surface area contributed by atoms with Gasteiger partial charge in [0.25, 0.3) is 0 Å². The summed E-state index contributed by atoms with van der Waals surface area (Å²) in [6.07, 6.45) is 0. The lowest BCUT2D eigenvalue weighted by atomic mass is 10.1. The number of nitrogens with two attached hydrogens (primary N) is 1. The Kier molecular flexibility index (Phi) is 4.24.